The lowest BCUT2D eigenvalue weighted by Gasteiger charge is -2.39. The summed E-state index contributed by atoms with van der Waals surface area (Å²) in [5.74, 6) is -3.47. The zero-order valence-electron chi connectivity index (χ0n) is 7.45. The second-order valence-electron chi connectivity index (χ2n) is 3.04. The predicted octanol–water partition coefficient (Wildman–Crippen LogP) is -2.69. The third-order valence-electron chi connectivity index (χ3n) is 1.84. The monoisotopic (exact) mass is 208 g/mol. The predicted molar refractivity (Wildman–Crippen MR) is 40.7 cm³/mol. The van der Waals surface area contributed by atoms with E-state index in [0.717, 1.165) is 6.92 Å². The molecule has 1 fully saturated rings. The Balaban J connectivity index is 2.74. The maximum absolute atomic E-state index is 10.5. The van der Waals surface area contributed by atoms with Crippen LogP contribution in [0.25, 0.3) is 0 Å². The zero-order chi connectivity index (χ0) is 10.9. The molecule has 1 aliphatic rings. The number of esters is 1. The number of carbonyl (C=O) groups excluding carboxylic acids is 1. The average molecular weight is 208 g/mol. The quantitative estimate of drug-likeness (QED) is 0.274. The Hall–Kier alpha value is -0.730. The van der Waals surface area contributed by atoms with Gasteiger partial charge in [0.05, 0.1) is 6.61 Å². The molecule has 0 aromatic carbocycles. The Morgan fingerprint density at radius 1 is 1.50 bits per heavy atom. The summed E-state index contributed by atoms with van der Waals surface area (Å²) in [6.45, 7) is 0.563. The molecule has 0 aliphatic carbocycles. The van der Waals surface area contributed by atoms with Crippen LogP contribution in [0.5, 0.6) is 0 Å². The lowest BCUT2D eigenvalue weighted by molar-refractivity contribution is -0.414. The highest BCUT2D eigenvalue weighted by atomic mass is 16.8. The lowest BCUT2D eigenvalue weighted by Crippen LogP contribution is -2.62. The van der Waals surface area contributed by atoms with Gasteiger partial charge in [0.2, 0.25) is 0 Å². The first-order valence-electron chi connectivity index (χ1n) is 3.97. The zero-order valence-corrected chi connectivity index (χ0v) is 7.45. The summed E-state index contributed by atoms with van der Waals surface area (Å²) in [5, 5.41) is 36.9. The minimum atomic E-state index is -2.59. The van der Waals surface area contributed by atoms with Crippen LogP contribution in [0.15, 0.2) is 0 Å². The molecular weight excluding hydrogens is 196 g/mol. The van der Waals surface area contributed by atoms with Crippen molar-refractivity contribution in [2.24, 2.45) is 0 Å². The second kappa shape index (κ2) is 3.79. The molecule has 0 bridgehead atoms. The smallest absolute Gasteiger partial charge is 0.357 e. The first-order chi connectivity index (χ1) is 6.37. The van der Waals surface area contributed by atoms with Crippen LogP contribution in [0.3, 0.4) is 0 Å². The summed E-state index contributed by atoms with van der Waals surface area (Å²) in [6, 6.07) is 0. The molecule has 1 rings (SSSR count). The van der Waals surface area contributed by atoms with Gasteiger partial charge in [-0.25, -0.2) is 0 Å². The SMILES string of the molecule is CC(=O)O[C@@]1(O)OC[C@@H](O)[C@H](O)[C@H]1O. The molecule has 4 N–H and O–H groups in total. The Bertz CT molecular complexity index is 230. The van der Waals surface area contributed by atoms with Crippen molar-refractivity contribution in [1.82, 2.24) is 0 Å². The van der Waals surface area contributed by atoms with Crippen LogP contribution < -0.4 is 0 Å². The van der Waals surface area contributed by atoms with E-state index in [1.54, 1.807) is 0 Å². The first-order valence-corrected chi connectivity index (χ1v) is 3.97. The van der Waals surface area contributed by atoms with E-state index in [1.807, 2.05) is 0 Å². The molecule has 7 heteroatoms. The molecule has 0 saturated carbocycles. The lowest BCUT2D eigenvalue weighted by atomic mass is 10.0. The van der Waals surface area contributed by atoms with Gasteiger partial charge in [-0.15, -0.1) is 0 Å². The minimum Gasteiger partial charge on any atom is -0.406 e. The van der Waals surface area contributed by atoms with Crippen LogP contribution in [-0.4, -0.2) is 57.3 Å². The van der Waals surface area contributed by atoms with Crippen molar-refractivity contribution in [1.29, 1.82) is 0 Å². The van der Waals surface area contributed by atoms with E-state index in [-0.39, 0.29) is 0 Å². The second-order valence-corrected chi connectivity index (χ2v) is 3.04. The van der Waals surface area contributed by atoms with Crippen LogP contribution >= 0.6 is 0 Å². The van der Waals surface area contributed by atoms with Crippen molar-refractivity contribution in [3.8, 4) is 0 Å². The number of rotatable bonds is 1. The van der Waals surface area contributed by atoms with Crippen molar-refractivity contribution < 1.29 is 34.7 Å². The number of ether oxygens (including phenoxy) is 2. The number of hydrogen-bond acceptors (Lipinski definition) is 7. The molecule has 4 atom stereocenters. The summed E-state index contributed by atoms with van der Waals surface area (Å²) < 4.78 is 8.81. The molecule has 1 saturated heterocycles. The maximum atomic E-state index is 10.5. The van der Waals surface area contributed by atoms with E-state index in [4.69, 9.17) is 10.2 Å². The molecule has 0 unspecified atom stereocenters. The number of aliphatic hydroxyl groups is 4. The summed E-state index contributed by atoms with van der Waals surface area (Å²) >= 11 is 0. The molecule has 1 heterocycles. The highest BCUT2D eigenvalue weighted by Gasteiger charge is 2.51. The molecule has 82 valence electrons. The standard InChI is InChI=1S/C7H12O7/c1-3(8)14-7(12)6(11)5(10)4(9)2-13-7/h4-6,9-12H,2H2,1H3/t4-,5+,6-,7+/m1/s1. The van der Waals surface area contributed by atoms with Crippen molar-refractivity contribution in [3.63, 3.8) is 0 Å². The summed E-state index contributed by atoms with van der Waals surface area (Å²) in [5.41, 5.74) is 0. The van der Waals surface area contributed by atoms with Gasteiger partial charge in [0.1, 0.15) is 12.2 Å². The van der Waals surface area contributed by atoms with Crippen LogP contribution in [0, 0.1) is 0 Å². The van der Waals surface area contributed by atoms with Crippen LogP contribution in [0.4, 0.5) is 0 Å². The Morgan fingerprint density at radius 2 is 2.07 bits per heavy atom. The largest absolute Gasteiger partial charge is 0.406 e. The number of hydrogen-bond donors (Lipinski definition) is 4. The maximum Gasteiger partial charge on any atom is 0.357 e. The summed E-state index contributed by atoms with van der Waals surface area (Å²) in [4.78, 5) is 10.5. The van der Waals surface area contributed by atoms with Gasteiger partial charge in [0.25, 0.3) is 0 Å². The molecule has 0 radical (unpaired) electrons. The molecular formula is C7H12O7. The van der Waals surface area contributed by atoms with Gasteiger partial charge >= 0.3 is 11.9 Å². The Morgan fingerprint density at radius 3 is 2.57 bits per heavy atom. The van der Waals surface area contributed by atoms with Gasteiger partial charge in [-0.3, -0.25) is 4.79 Å². The molecule has 14 heavy (non-hydrogen) atoms. The van der Waals surface area contributed by atoms with E-state index < -0.39 is 36.9 Å². The topological polar surface area (TPSA) is 116 Å². The van der Waals surface area contributed by atoms with Crippen molar-refractivity contribution in [2.45, 2.75) is 31.2 Å². The summed E-state index contributed by atoms with van der Waals surface area (Å²) in [7, 11) is 0. The van der Waals surface area contributed by atoms with Gasteiger partial charge in [-0.05, 0) is 0 Å². The van der Waals surface area contributed by atoms with Crippen LogP contribution in [0.2, 0.25) is 0 Å². The molecule has 0 spiro atoms. The van der Waals surface area contributed by atoms with E-state index in [9.17, 15) is 15.0 Å². The van der Waals surface area contributed by atoms with Crippen LogP contribution in [0.1, 0.15) is 6.92 Å². The van der Waals surface area contributed by atoms with Gasteiger partial charge in [0, 0.05) is 6.92 Å². The summed E-state index contributed by atoms with van der Waals surface area (Å²) in [6.07, 6.45) is -4.87. The number of carbonyl (C=O) groups is 1. The first kappa shape index (κ1) is 11.3. The van der Waals surface area contributed by atoms with E-state index >= 15 is 0 Å². The molecule has 0 amide bonds. The molecule has 1 aliphatic heterocycles. The Labute approximate surface area is 79.5 Å². The van der Waals surface area contributed by atoms with Crippen molar-refractivity contribution >= 4 is 5.97 Å². The van der Waals surface area contributed by atoms with Gasteiger partial charge < -0.3 is 29.9 Å². The van der Waals surface area contributed by atoms with Gasteiger partial charge in [-0.2, -0.15) is 0 Å². The van der Waals surface area contributed by atoms with Crippen molar-refractivity contribution in [2.75, 3.05) is 6.61 Å². The third-order valence-corrected chi connectivity index (χ3v) is 1.84. The molecule has 7 nitrogen and oxygen atoms in total. The van der Waals surface area contributed by atoms with Crippen LogP contribution in [-0.2, 0) is 14.3 Å². The minimum absolute atomic E-state index is 0.442. The average Bonchev–Trinajstić information content (AvgIpc) is 2.08. The fourth-order valence-corrected chi connectivity index (χ4v) is 1.11. The van der Waals surface area contributed by atoms with Gasteiger partial charge in [-0.1, -0.05) is 0 Å². The van der Waals surface area contributed by atoms with Gasteiger partial charge in [0.15, 0.2) is 6.10 Å². The third kappa shape index (κ3) is 2.02. The fourth-order valence-electron chi connectivity index (χ4n) is 1.11. The fraction of sp³-hybridized carbons (Fsp3) is 0.857. The molecule has 0 aromatic heterocycles. The van der Waals surface area contributed by atoms with E-state index in [0.29, 0.717) is 0 Å². The number of aliphatic hydroxyl groups excluding tert-OH is 3. The van der Waals surface area contributed by atoms with E-state index in [1.165, 1.54) is 0 Å². The highest BCUT2D eigenvalue weighted by molar-refractivity contribution is 5.66. The van der Waals surface area contributed by atoms with Crippen molar-refractivity contribution in [3.05, 3.63) is 0 Å². The highest BCUT2D eigenvalue weighted by Crippen LogP contribution is 2.24. The Kier molecular flexibility index (Phi) is 3.07. The normalized spacial score (nSPS) is 43.4. The van der Waals surface area contributed by atoms with E-state index in [2.05, 4.69) is 9.47 Å². The molecule has 0 aromatic rings.